The number of sulfonamides is 1. The van der Waals surface area contributed by atoms with Crippen molar-refractivity contribution < 1.29 is 17.9 Å². The van der Waals surface area contributed by atoms with Crippen molar-refractivity contribution in [1.82, 2.24) is 4.31 Å². The predicted octanol–water partition coefficient (Wildman–Crippen LogP) is 4.65. The summed E-state index contributed by atoms with van der Waals surface area (Å²) in [4.78, 5) is 14.6. The van der Waals surface area contributed by atoms with Gasteiger partial charge in [0.15, 0.2) is 0 Å². The van der Waals surface area contributed by atoms with E-state index in [1.807, 2.05) is 37.3 Å². The molecule has 2 aliphatic rings. The molecule has 2 aromatic rings. The summed E-state index contributed by atoms with van der Waals surface area (Å²) in [6, 6.07) is 13.2. The summed E-state index contributed by atoms with van der Waals surface area (Å²) in [5.41, 5.74) is 4.17. The molecule has 4 rings (SSSR count). The first-order valence-corrected chi connectivity index (χ1v) is 12.5. The van der Waals surface area contributed by atoms with E-state index < -0.39 is 10.0 Å². The van der Waals surface area contributed by atoms with Crippen molar-refractivity contribution in [3.8, 4) is 0 Å². The standard InChI is InChI=1S/C24H30N2O4S/c1-3-4-5-19-7-9-22(10-8-19)31(28,29)25-14-12-21(13-15-25)26-23-11-6-18(2)16-20(23)17-30-24(26)27/h6-11,16,21H,3-5,12-15,17H2,1-2H3. The van der Waals surface area contributed by atoms with Gasteiger partial charge in [-0.15, -0.1) is 0 Å². The molecule has 1 fully saturated rings. The molecule has 0 aromatic heterocycles. The minimum Gasteiger partial charge on any atom is -0.444 e. The molecule has 0 spiro atoms. The van der Waals surface area contributed by atoms with Gasteiger partial charge in [-0.3, -0.25) is 4.90 Å². The summed E-state index contributed by atoms with van der Waals surface area (Å²) < 4.78 is 33.2. The van der Waals surface area contributed by atoms with Crippen LogP contribution in [-0.4, -0.2) is 37.9 Å². The maximum Gasteiger partial charge on any atom is 0.414 e. The van der Waals surface area contributed by atoms with Crippen molar-refractivity contribution >= 4 is 21.8 Å². The zero-order valence-corrected chi connectivity index (χ0v) is 19.0. The molecule has 0 radical (unpaired) electrons. The highest BCUT2D eigenvalue weighted by atomic mass is 32.2. The van der Waals surface area contributed by atoms with E-state index >= 15 is 0 Å². The number of carbonyl (C=O) groups excluding carboxylic acids is 1. The second-order valence-electron chi connectivity index (χ2n) is 8.44. The Bertz CT molecular complexity index is 1040. The van der Waals surface area contributed by atoms with E-state index in [4.69, 9.17) is 4.74 Å². The molecule has 0 aliphatic carbocycles. The fraction of sp³-hybridized carbons (Fsp3) is 0.458. The van der Waals surface area contributed by atoms with Crippen molar-refractivity contribution in [2.45, 2.75) is 63.5 Å². The third kappa shape index (κ3) is 4.48. The minimum atomic E-state index is -3.53. The van der Waals surface area contributed by atoms with E-state index in [9.17, 15) is 13.2 Å². The molecule has 0 saturated carbocycles. The molecule has 1 saturated heterocycles. The van der Waals surface area contributed by atoms with E-state index in [1.165, 1.54) is 4.31 Å². The van der Waals surface area contributed by atoms with Gasteiger partial charge in [-0.25, -0.2) is 13.2 Å². The zero-order chi connectivity index (χ0) is 22.0. The number of nitrogens with zero attached hydrogens (tertiary/aromatic N) is 2. The van der Waals surface area contributed by atoms with Gasteiger partial charge >= 0.3 is 6.09 Å². The second-order valence-corrected chi connectivity index (χ2v) is 10.4. The Balaban J connectivity index is 1.45. The number of rotatable bonds is 6. The number of unbranched alkanes of at least 4 members (excludes halogenated alkanes) is 1. The van der Waals surface area contributed by atoms with Crippen molar-refractivity contribution in [2.75, 3.05) is 18.0 Å². The van der Waals surface area contributed by atoms with Crippen molar-refractivity contribution in [2.24, 2.45) is 0 Å². The van der Waals surface area contributed by atoms with Crippen LogP contribution in [0.5, 0.6) is 0 Å². The van der Waals surface area contributed by atoms with Crippen LogP contribution in [0.3, 0.4) is 0 Å². The molecule has 2 aliphatic heterocycles. The van der Waals surface area contributed by atoms with Crippen LogP contribution in [-0.2, 0) is 27.8 Å². The number of piperidine rings is 1. The maximum atomic E-state index is 13.1. The number of hydrogen-bond donors (Lipinski definition) is 0. The summed E-state index contributed by atoms with van der Waals surface area (Å²) >= 11 is 0. The smallest absolute Gasteiger partial charge is 0.414 e. The number of hydrogen-bond acceptors (Lipinski definition) is 4. The average Bonchev–Trinajstić information content (AvgIpc) is 2.78. The number of fused-ring (bicyclic) bond motifs is 1. The minimum absolute atomic E-state index is 0.0721. The molecular formula is C24H30N2O4S. The number of benzene rings is 2. The van der Waals surface area contributed by atoms with Gasteiger partial charge in [0.25, 0.3) is 0 Å². The van der Waals surface area contributed by atoms with Crippen LogP contribution in [0.25, 0.3) is 0 Å². The van der Waals surface area contributed by atoms with Crippen molar-refractivity contribution in [1.29, 1.82) is 0 Å². The van der Waals surface area contributed by atoms with Gasteiger partial charge in [0, 0.05) is 24.7 Å². The number of anilines is 1. The largest absolute Gasteiger partial charge is 0.444 e. The molecule has 0 bridgehead atoms. The lowest BCUT2D eigenvalue weighted by Gasteiger charge is -2.39. The van der Waals surface area contributed by atoms with E-state index in [-0.39, 0.29) is 18.7 Å². The fourth-order valence-corrected chi connectivity index (χ4v) is 5.89. The first-order valence-electron chi connectivity index (χ1n) is 11.0. The van der Waals surface area contributed by atoms with Crippen molar-refractivity contribution in [3.05, 3.63) is 59.2 Å². The van der Waals surface area contributed by atoms with Gasteiger partial charge < -0.3 is 4.74 Å². The highest BCUT2D eigenvalue weighted by Crippen LogP contribution is 2.33. The average molecular weight is 443 g/mol. The van der Waals surface area contributed by atoms with Gasteiger partial charge in [0.2, 0.25) is 10.0 Å². The fourth-order valence-electron chi connectivity index (χ4n) is 4.42. The molecule has 2 heterocycles. The Morgan fingerprint density at radius 2 is 1.77 bits per heavy atom. The van der Waals surface area contributed by atoms with Crippen LogP contribution in [0.1, 0.15) is 49.3 Å². The highest BCUT2D eigenvalue weighted by molar-refractivity contribution is 7.89. The Morgan fingerprint density at radius 3 is 2.45 bits per heavy atom. The van der Waals surface area contributed by atoms with Gasteiger partial charge in [-0.2, -0.15) is 4.31 Å². The summed E-state index contributed by atoms with van der Waals surface area (Å²) in [6.07, 6.45) is 3.99. The van der Waals surface area contributed by atoms with Gasteiger partial charge in [0.1, 0.15) is 6.61 Å². The van der Waals surface area contributed by atoms with Crippen LogP contribution in [0.2, 0.25) is 0 Å². The quantitative estimate of drug-likeness (QED) is 0.653. The SMILES string of the molecule is CCCCc1ccc(S(=O)(=O)N2CCC(N3C(=O)OCc4cc(C)ccc43)CC2)cc1. The number of cyclic esters (lactones) is 1. The maximum absolute atomic E-state index is 13.1. The summed E-state index contributed by atoms with van der Waals surface area (Å²) in [5, 5.41) is 0. The summed E-state index contributed by atoms with van der Waals surface area (Å²) in [5.74, 6) is 0. The van der Waals surface area contributed by atoms with Crippen LogP contribution >= 0.6 is 0 Å². The van der Waals surface area contributed by atoms with Gasteiger partial charge in [-0.1, -0.05) is 43.2 Å². The Hall–Kier alpha value is -2.38. The van der Waals surface area contributed by atoms with E-state index in [0.29, 0.717) is 30.8 Å². The Kier molecular flexibility index (Phi) is 6.34. The third-order valence-electron chi connectivity index (χ3n) is 6.21. The molecule has 31 heavy (non-hydrogen) atoms. The van der Waals surface area contributed by atoms with Crippen LogP contribution in [0, 0.1) is 6.92 Å². The molecule has 1 amide bonds. The molecule has 6 nitrogen and oxygen atoms in total. The third-order valence-corrected chi connectivity index (χ3v) is 8.12. The molecular weight excluding hydrogens is 412 g/mol. The lowest BCUT2D eigenvalue weighted by Crippen LogP contribution is -2.50. The Labute approximate surface area is 184 Å². The molecule has 7 heteroatoms. The van der Waals surface area contributed by atoms with Crippen LogP contribution < -0.4 is 4.90 Å². The molecule has 0 atom stereocenters. The first kappa shape index (κ1) is 21.8. The van der Waals surface area contributed by atoms with Gasteiger partial charge in [0.05, 0.1) is 10.6 Å². The van der Waals surface area contributed by atoms with E-state index in [1.54, 1.807) is 17.0 Å². The lowest BCUT2D eigenvalue weighted by molar-refractivity contribution is 0.135. The van der Waals surface area contributed by atoms with Crippen molar-refractivity contribution in [3.63, 3.8) is 0 Å². The summed E-state index contributed by atoms with van der Waals surface area (Å²) in [7, 11) is -3.53. The first-order chi connectivity index (χ1) is 14.9. The molecule has 2 aromatic carbocycles. The van der Waals surface area contributed by atoms with Crippen LogP contribution in [0.4, 0.5) is 10.5 Å². The second kappa shape index (κ2) is 9.01. The predicted molar refractivity (Wildman–Crippen MR) is 121 cm³/mol. The highest BCUT2D eigenvalue weighted by Gasteiger charge is 2.37. The monoisotopic (exact) mass is 442 g/mol. The van der Waals surface area contributed by atoms with Gasteiger partial charge in [-0.05, 0) is 56.4 Å². The number of ether oxygens (including phenoxy) is 1. The van der Waals surface area contributed by atoms with E-state index in [0.717, 1.165) is 41.6 Å². The van der Waals surface area contributed by atoms with Crippen LogP contribution in [0.15, 0.2) is 47.4 Å². The Morgan fingerprint density at radius 1 is 1.06 bits per heavy atom. The lowest BCUT2D eigenvalue weighted by atomic mass is 10.0. The molecule has 0 unspecified atom stereocenters. The zero-order valence-electron chi connectivity index (χ0n) is 18.2. The molecule has 166 valence electrons. The number of amides is 1. The number of aryl methyl sites for hydroxylation is 2. The number of carbonyl (C=O) groups is 1. The topological polar surface area (TPSA) is 66.9 Å². The molecule has 0 N–H and O–H groups in total. The van der Waals surface area contributed by atoms with E-state index in [2.05, 4.69) is 6.92 Å². The normalized spacial score (nSPS) is 18.0. The summed E-state index contributed by atoms with van der Waals surface area (Å²) in [6.45, 7) is 5.21.